The number of hydrogen-bond donors (Lipinski definition) is 1. The van der Waals surface area contributed by atoms with E-state index < -0.39 is 0 Å². The molecule has 1 N–H and O–H groups in total. The molecule has 0 amide bonds. The van der Waals surface area contributed by atoms with Crippen molar-refractivity contribution in [2.24, 2.45) is 0 Å². The lowest BCUT2D eigenvalue weighted by Crippen LogP contribution is -2.58. The van der Waals surface area contributed by atoms with Crippen molar-refractivity contribution >= 4 is 0 Å². The van der Waals surface area contributed by atoms with Crippen LogP contribution in [0.3, 0.4) is 0 Å². The molecule has 0 aromatic heterocycles. The van der Waals surface area contributed by atoms with Gasteiger partial charge in [0.05, 0.1) is 19.3 Å². The topological polar surface area (TPSA) is 33.7 Å². The minimum absolute atomic E-state index is 0.359. The van der Waals surface area contributed by atoms with E-state index in [1.165, 1.54) is 0 Å². The quantitative estimate of drug-likeness (QED) is 0.706. The summed E-state index contributed by atoms with van der Waals surface area (Å²) < 4.78 is 11.1. The smallest absolute Gasteiger partial charge is 0.0674 e. The average molecular weight is 214 g/mol. The molecule has 15 heavy (non-hydrogen) atoms. The first kappa shape index (κ1) is 11.3. The zero-order valence-corrected chi connectivity index (χ0v) is 9.74. The Labute approximate surface area is 91.9 Å². The van der Waals surface area contributed by atoms with Crippen molar-refractivity contribution in [1.82, 2.24) is 10.2 Å². The van der Waals surface area contributed by atoms with Crippen LogP contribution in [0, 0.1) is 0 Å². The van der Waals surface area contributed by atoms with E-state index in [9.17, 15) is 0 Å². The molecular weight excluding hydrogens is 192 g/mol. The molecular formula is C11H22N2O2. The standard InChI is InChI=1S/C11H22N2O2/c1-9-7-13(4-6-15-9)11-8-14-5-3-10(11)12-2/h9-12H,3-8H2,1-2H3. The van der Waals surface area contributed by atoms with Gasteiger partial charge < -0.3 is 14.8 Å². The van der Waals surface area contributed by atoms with Gasteiger partial charge in [0.1, 0.15) is 0 Å². The van der Waals surface area contributed by atoms with Crippen LogP contribution < -0.4 is 5.32 Å². The molecule has 0 aromatic carbocycles. The third-order valence-corrected chi connectivity index (χ3v) is 3.44. The van der Waals surface area contributed by atoms with E-state index in [1.807, 2.05) is 7.05 Å². The normalized spacial score (nSPS) is 39.2. The van der Waals surface area contributed by atoms with Crippen LogP contribution in [0.5, 0.6) is 0 Å². The van der Waals surface area contributed by atoms with Crippen molar-refractivity contribution in [1.29, 1.82) is 0 Å². The predicted octanol–water partition coefficient (Wildman–Crippen LogP) is 0.0840. The molecule has 2 aliphatic rings. The van der Waals surface area contributed by atoms with Crippen LogP contribution in [0.15, 0.2) is 0 Å². The highest BCUT2D eigenvalue weighted by atomic mass is 16.5. The van der Waals surface area contributed by atoms with Crippen LogP contribution in [-0.4, -0.2) is 63.0 Å². The number of ether oxygens (including phenoxy) is 2. The minimum atomic E-state index is 0.359. The zero-order chi connectivity index (χ0) is 10.7. The van der Waals surface area contributed by atoms with Gasteiger partial charge in [-0.15, -0.1) is 0 Å². The molecule has 3 atom stereocenters. The van der Waals surface area contributed by atoms with Gasteiger partial charge in [0.15, 0.2) is 0 Å². The van der Waals surface area contributed by atoms with E-state index in [-0.39, 0.29) is 0 Å². The van der Waals surface area contributed by atoms with Crippen LogP contribution in [0.2, 0.25) is 0 Å². The number of nitrogens with zero attached hydrogens (tertiary/aromatic N) is 1. The number of nitrogens with one attached hydrogen (secondary N) is 1. The monoisotopic (exact) mass is 214 g/mol. The first-order valence-corrected chi connectivity index (χ1v) is 5.92. The highest BCUT2D eigenvalue weighted by Gasteiger charge is 2.32. The molecule has 0 radical (unpaired) electrons. The maximum Gasteiger partial charge on any atom is 0.0674 e. The number of morpholine rings is 1. The molecule has 2 heterocycles. The molecule has 88 valence electrons. The van der Waals surface area contributed by atoms with Crippen molar-refractivity contribution in [3.05, 3.63) is 0 Å². The summed E-state index contributed by atoms with van der Waals surface area (Å²) in [5.74, 6) is 0. The fourth-order valence-corrected chi connectivity index (χ4v) is 2.57. The first-order chi connectivity index (χ1) is 7.31. The molecule has 4 heteroatoms. The van der Waals surface area contributed by atoms with E-state index in [2.05, 4.69) is 17.1 Å². The maximum atomic E-state index is 5.58. The fourth-order valence-electron chi connectivity index (χ4n) is 2.57. The van der Waals surface area contributed by atoms with Gasteiger partial charge in [-0.3, -0.25) is 4.90 Å². The van der Waals surface area contributed by atoms with Gasteiger partial charge in [-0.1, -0.05) is 0 Å². The fraction of sp³-hybridized carbons (Fsp3) is 1.00. The highest BCUT2D eigenvalue weighted by Crippen LogP contribution is 2.17. The Bertz CT molecular complexity index is 201. The van der Waals surface area contributed by atoms with Gasteiger partial charge >= 0.3 is 0 Å². The van der Waals surface area contributed by atoms with Crippen molar-refractivity contribution < 1.29 is 9.47 Å². The molecule has 2 rings (SSSR count). The third kappa shape index (κ3) is 2.69. The Morgan fingerprint density at radius 3 is 2.93 bits per heavy atom. The van der Waals surface area contributed by atoms with Gasteiger partial charge in [0.25, 0.3) is 0 Å². The number of hydrogen-bond acceptors (Lipinski definition) is 4. The van der Waals surface area contributed by atoms with E-state index >= 15 is 0 Å². The third-order valence-electron chi connectivity index (χ3n) is 3.44. The van der Waals surface area contributed by atoms with Crippen LogP contribution in [0.25, 0.3) is 0 Å². The summed E-state index contributed by atoms with van der Waals surface area (Å²) >= 11 is 0. The van der Waals surface area contributed by atoms with Crippen molar-refractivity contribution in [3.63, 3.8) is 0 Å². The maximum absolute atomic E-state index is 5.58. The minimum Gasteiger partial charge on any atom is -0.380 e. The first-order valence-electron chi connectivity index (χ1n) is 5.92. The summed E-state index contributed by atoms with van der Waals surface area (Å²) in [4.78, 5) is 2.51. The Morgan fingerprint density at radius 1 is 1.33 bits per heavy atom. The lowest BCUT2D eigenvalue weighted by Gasteiger charge is -2.42. The Kier molecular flexibility index (Phi) is 3.97. The summed E-state index contributed by atoms with van der Waals surface area (Å²) in [6.45, 7) is 6.82. The van der Waals surface area contributed by atoms with E-state index in [0.29, 0.717) is 18.2 Å². The Hall–Kier alpha value is -0.160. The second-order valence-corrected chi connectivity index (χ2v) is 4.50. The van der Waals surface area contributed by atoms with E-state index in [1.54, 1.807) is 0 Å². The summed E-state index contributed by atoms with van der Waals surface area (Å²) in [6, 6.07) is 1.10. The summed E-state index contributed by atoms with van der Waals surface area (Å²) in [5, 5.41) is 3.40. The zero-order valence-electron chi connectivity index (χ0n) is 9.74. The molecule has 4 nitrogen and oxygen atoms in total. The number of likely N-dealkylation sites (N-methyl/N-ethyl adjacent to an activating group) is 1. The molecule has 0 aromatic rings. The molecule has 3 unspecified atom stereocenters. The molecule has 0 aliphatic carbocycles. The lowest BCUT2D eigenvalue weighted by molar-refractivity contribution is -0.0710. The van der Waals surface area contributed by atoms with Crippen molar-refractivity contribution in [2.75, 3.05) is 40.0 Å². The molecule has 0 bridgehead atoms. The summed E-state index contributed by atoms with van der Waals surface area (Å²) in [6.07, 6.45) is 1.48. The summed E-state index contributed by atoms with van der Waals surface area (Å²) in [5.41, 5.74) is 0. The van der Waals surface area contributed by atoms with Crippen molar-refractivity contribution in [3.8, 4) is 0 Å². The van der Waals surface area contributed by atoms with Gasteiger partial charge in [0.2, 0.25) is 0 Å². The molecule has 2 fully saturated rings. The molecule has 0 spiro atoms. The Balaban J connectivity index is 1.94. The second-order valence-electron chi connectivity index (χ2n) is 4.50. The van der Waals surface area contributed by atoms with Gasteiger partial charge in [-0.05, 0) is 20.4 Å². The van der Waals surface area contributed by atoms with Crippen LogP contribution in [0.4, 0.5) is 0 Å². The number of rotatable bonds is 2. The van der Waals surface area contributed by atoms with E-state index in [0.717, 1.165) is 39.3 Å². The molecule has 0 saturated carbocycles. The van der Waals surface area contributed by atoms with Gasteiger partial charge in [0, 0.05) is 31.8 Å². The SMILES string of the molecule is CNC1CCOCC1N1CCOC(C)C1. The largest absolute Gasteiger partial charge is 0.380 e. The van der Waals surface area contributed by atoms with Crippen molar-refractivity contribution in [2.45, 2.75) is 31.5 Å². The Morgan fingerprint density at radius 2 is 2.20 bits per heavy atom. The van der Waals surface area contributed by atoms with Crippen LogP contribution in [-0.2, 0) is 9.47 Å². The highest BCUT2D eigenvalue weighted by molar-refractivity contribution is 4.88. The molecule has 2 saturated heterocycles. The second kappa shape index (κ2) is 5.25. The predicted molar refractivity (Wildman–Crippen MR) is 59.1 cm³/mol. The van der Waals surface area contributed by atoms with Gasteiger partial charge in [-0.2, -0.15) is 0 Å². The average Bonchev–Trinajstić information content (AvgIpc) is 2.29. The molecule has 2 aliphatic heterocycles. The van der Waals surface area contributed by atoms with Crippen LogP contribution >= 0.6 is 0 Å². The van der Waals surface area contributed by atoms with Crippen LogP contribution in [0.1, 0.15) is 13.3 Å². The summed E-state index contributed by atoms with van der Waals surface area (Å²) in [7, 11) is 2.05. The lowest BCUT2D eigenvalue weighted by atomic mass is 10.0. The van der Waals surface area contributed by atoms with Gasteiger partial charge in [-0.25, -0.2) is 0 Å². The van der Waals surface area contributed by atoms with E-state index in [4.69, 9.17) is 9.47 Å².